The van der Waals surface area contributed by atoms with Gasteiger partial charge < -0.3 is 4.74 Å². The van der Waals surface area contributed by atoms with Crippen LogP contribution in [-0.2, 0) is 4.74 Å². The Morgan fingerprint density at radius 3 is 2.61 bits per heavy atom. The number of benzene rings is 1. The minimum atomic E-state index is -0.615. The van der Waals surface area contributed by atoms with Gasteiger partial charge in [-0.1, -0.05) is 15.9 Å². The standard InChI is InChI=1S/C13H13BrFNO2/c1-13(2,3)18-12(17)16-7-6-8-9(14)4-5-10(15)11(8)16/h4-7H,1-3H3. The SMILES string of the molecule is CC(C)(C)OC(=O)n1ccc2c(Br)ccc(F)c21. The lowest BCUT2D eigenvalue weighted by atomic mass is 10.2. The van der Waals surface area contributed by atoms with E-state index >= 15 is 0 Å². The summed E-state index contributed by atoms with van der Waals surface area (Å²) >= 11 is 3.32. The summed E-state index contributed by atoms with van der Waals surface area (Å²) in [5.41, 5.74) is -0.394. The maximum atomic E-state index is 13.8. The highest BCUT2D eigenvalue weighted by molar-refractivity contribution is 9.10. The molecule has 0 spiro atoms. The van der Waals surface area contributed by atoms with Crippen LogP contribution in [0.1, 0.15) is 20.8 Å². The van der Waals surface area contributed by atoms with Crippen molar-refractivity contribution < 1.29 is 13.9 Å². The van der Waals surface area contributed by atoms with Crippen LogP contribution in [0.25, 0.3) is 10.9 Å². The van der Waals surface area contributed by atoms with E-state index in [1.807, 2.05) is 0 Å². The second kappa shape index (κ2) is 4.39. The molecule has 0 saturated carbocycles. The second-order valence-electron chi connectivity index (χ2n) is 4.96. The molecule has 96 valence electrons. The Hall–Kier alpha value is -1.36. The predicted molar refractivity (Wildman–Crippen MR) is 71.2 cm³/mol. The molecule has 0 radical (unpaired) electrons. The van der Waals surface area contributed by atoms with Crippen LogP contribution in [0.4, 0.5) is 9.18 Å². The molecule has 1 heterocycles. The highest BCUT2D eigenvalue weighted by atomic mass is 79.9. The fraction of sp³-hybridized carbons (Fsp3) is 0.308. The largest absolute Gasteiger partial charge is 0.443 e. The summed E-state index contributed by atoms with van der Waals surface area (Å²) in [4.78, 5) is 12.0. The number of aromatic nitrogens is 1. The Labute approximate surface area is 113 Å². The topological polar surface area (TPSA) is 31.2 Å². The van der Waals surface area contributed by atoms with Crippen LogP contribution < -0.4 is 0 Å². The lowest BCUT2D eigenvalue weighted by Crippen LogP contribution is -2.26. The first-order chi connectivity index (χ1) is 8.29. The van der Waals surface area contributed by atoms with Crippen LogP contribution in [-0.4, -0.2) is 16.3 Å². The quantitative estimate of drug-likeness (QED) is 0.725. The fourth-order valence-electron chi connectivity index (χ4n) is 1.65. The van der Waals surface area contributed by atoms with Crippen molar-refractivity contribution in [3.05, 3.63) is 34.7 Å². The number of nitrogens with zero attached hydrogens (tertiary/aromatic N) is 1. The molecule has 18 heavy (non-hydrogen) atoms. The molecule has 0 aliphatic heterocycles. The van der Waals surface area contributed by atoms with E-state index in [-0.39, 0.29) is 5.52 Å². The third-order valence-corrected chi connectivity index (χ3v) is 3.03. The van der Waals surface area contributed by atoms with Crippen LogP contribution in [0.5, 0.6) is 0 Å². The molecule has 0 aliphatic carbocycles. The average Bonchev–Trinajstić information content (AvgIpc) is 2.66. The summed E-state index contributed by atoms with van der Waals surface area (Å²) in [6.07, 6.45) is 0.918. The first-order valence-corrected chi connectivity index (χ1v) is 6.27. The van der Waals surface area contributed by atoms with Crippen LogP contribution >= 0.6 is 15.9 Å². The molecule has 5 heteroatoms. The number of rotatable bonds is 0. The van der Waals surface area contributed by atoms with Gasteiger partial charge in [0.1, 0.15) is 11.4 Å². The molecule has 3 nitrogen and oxygen atoms in total. The summed E-state index contributed by atoms with van der Waals surface area (Å²) in [5.74, 6) is -0.455. The zero-order chi connectivity index (χ0) is 13.5. The van der Waals surface area contributed by atoms with Gasteiger partial charge in [0.2, 0.25) is 0 Å². The summed E-state index contributed by atoms with van der Waals surface area (Å²) < 4.78 is 20.9. The van der Waals surface area contributed by atoms with Crippen molar-refractivity contribution in [1.29, 1.82) is 0 Å². The second-order valence-corrected chi connectivity index (χ2v) is 5.81. The minimum absolute atomic E-state index is 0.221. The number of ether oxygens (including phenoxy) is 1. The number of halogens is 2. The van der Waals surface area contributed by atoms with Crippen LogP contribution in [0.2, 0.25) is 0 Å². The first-order valence-electron chi connectivity index (χ1n) is 5.48. The molecule has 0 fully saturated rings. The zero-order valence-corrected chi connectivity index (χ0v) is 11.9. The molecule has 0 atom stereocenters. The van der Waals surface area contributed by atoms with Crippen molar-refractivity contribution >= 4 is 32.9 Å². The predicted octanol–water partition coefficient (Wildman–Crippen LogP) is 4.33. The summed E-state index contributed by atoms with van der Waals surface area (Å²) in [6.45, 7) is 5.30. The molecule has 0 unspecified atom stereocenters. The van der Waals surface area contributed by atoms with E-state index in [4.69, 9.17) is 4.74 Å². The smallest absolute Gasteiger partial charge is 0.419 e. The van der Waals surface area contributed by atoms with E-state index in [1.165, 1.54) is 16.8 Å². The highest BCUT2D eigenvalue weighted by Gasteiger charge is 2.20. The minimum Gasteiger partial charge on any atom is -0.443 e. The van der Waals surface area contributed by atoms with Gasteiger partial charge in [0.25, 0.3) is 0 Å². The molecule has 0 saturated heterocycles. The Morgan fingerprint density at radius 1 is 1.33 bits per heavy atom. The molecule has 2 aromatic rings. The maximum absolute atomic E-state index is 13.8. The fourth-order valence-corrected chi connectivity index (χ4v) is 2.10. The van der Waals surface area contributed by atoms with Gasteiger partial charge in [-0.25, -0.2) is 13.8 Å². The molecule has 0 amide bonds. The van der Waals surface area contributed by atoms with Gasteiger partial charge in [-0.2, -0.15) is 0 Å². The Balaban J connectivity index is 2.53. The first kappa shape index (κ1) is 13.1. The summed E-state index contributed by atoms with van der Waals surface area (Å²) in [6, 6.07) is 4.59. The normalized spacial score (nSPS) is 11.8. The third-order valence-electron chi connectivity index (χ3n) is 2.34. The van der Waals surface area contributed by atoms with E-state index in [9.17, 15) is 9.18 Å². The van der Waals surface area contributed by atoms with Crippen LogP contribution in [0.15, 0.2) is 28.9 Å². The Morgan fingerprint density at radius 2 is 2.00 bits per heavy atom. The van der Waals surface area contributed by atoms with Crippen molar-refractivity contribution in [2.45, 2.75) is 26.4 Å². The number of hydrogen-bond donors (Lipinski definition) is 0. The van der Waals surface area contributed by atoms with E-state index in [0.717, 1.165) is 4.47 Å². The van der Waals surface area contributed by atoms with Gasteiger partial charge >= 0.3 is 6.09 Å². The third kappa shape index (κ3) is 2.41. The van der Waals surface area contributed by atoms with Crippen LogP contribution in [0, 0.1) is 5.82 Å². The molecule has 1 aromatic heterocycles. The molecular formula is C13H13BrFNO2. The van der Waals surface area contributed by atoms with E-state index in [2.05, 4.69) is 15.9 Å². The molecular weight excluding hydrogens is 301 g/mol. The molecule has 0 N–H and O–H groups in total. The molecule has 0 bridgehead atoms. The Bertz CT molecular complexity index is 613. The maximum Gasteiger partial charge on any atom is 0.419 e. The van der Waals surface area contributed by atoms with Gasteiger partial charge in [0.05, 0.1) is 5.52 Å². The lowest BCUT2D eigenvalue weighted by Gasteiger charge is -2.19. The highest BCUT2D eigenvalue weighted by Crippen LogP contribution is 2.27. The van der Waals surface area contributed by atoms with Gasteiger partial charge in [-0.15, -0.1) is 0 Å². The molecule has 0 aliphatic rings. The summed E-state index contributed by atoms with van der Waals surface area (Å²) in [7, 11) is 0. The summed E-state index contributed by atoms with van der Waals surface area (Å²) in [5, 5.41) is 0.640. The molecule has 2 rings (SSSR count). The van der Waals surface area contributed by atoms with Crippen molar-refractivity contribution in [2.75, 3.05) is 0 Å². The van der Waals surface area contributed by atoms with Crippen molar-refractivity contribution in [3.8, 4) is 0 Å². The zero-order valence-electron chi connectivity index (χ0n) is 10.3. The van der Waals surface area contributed by atoms with E-state index < -0.39 is 17.5 Å². The number of carbonyl (C=O) groups excluding carboxylic acids is 1. The number of fused-ring (bicyclic) bond motifs is 1. The average molecular weight is 314 g/mol. The van der Waals surface area contributed by atoms with Crippen molar-refractivity contribution in [1.82, 2.24) is 4.57 Å². The van der Waals surface area contributed by atoms with Crippen molar-refractivity contribution in [3.63, 3.8) is 0 Å². The van der Waals surface area contributed by atoms with Gasteiger partial charge in [-0.3, -0.25) is 0 Å². The number of carbonyl (C=O) groups is 1. The van der Waals surface area contributed by atoms with Gasteiger partial charge in [0, 0.05) is 16.1 Å². The van der Waals surface area contributed by atoms with Crippen LogP contribution in [0.3, 0.4) is 0 Å². The lowest BCUT2D eigenvalue weighted by molar-refractivity contribution is 0.0543. The monoisotopic (exact) mass is 313 g/mol. The Kier molecular flexibility index (Phi) is 3.19. The van der Waals surface area contributed by atoms with E-state index in [0.29, 0.717) is 5.39 Å². The number of hydrogen-bond acceptors (Lipinski definition) is 2. The van der Waals surface area contributed by atoms with Gasteiger partial charge in [0.15, 0.2) is 0 Å². The van der Waals surface area contributed by atoms with E-state index in [1.54, 1.807) is 32.9 Å². The van der Waals surface area contributed by atoms with Gasteiger partial charge in [-0.05, 0) is 39.0 Å². The van der Waals surface area contributed by atoms with Crippen molar-refractivity contribution in [2.24, 2.45) is 0 Å². The molecule has 1 aromatic carbocycles.